The Kier molecular flexibility index (Phi) is 6.22. The van der Waals surface area contributed by atoms with E-state index in [9.17, 15) is 0 Å². The molecule has 8 aromatic rings. The fourth-order valence-corrected chi connectivity index (χ4v) is 10.1. The van der Waals surface area contributed by atoms with Crippen LogP contribution in [0.15, 0.2) is 170 Å². The van der Waals surface area contributed by atoms with E-state index in [2.05, 4.69) is 194 Å². The molecule has 1 nitrogen and oxygen atoms in total. The predicted octanol–water partition coefficient (Wildman–Crippen LogP) is 12.4. The van der Waals surface area contributed by atoms with Crippen molar-refractivity contribution in [1.29, 1.82) is 0 Å². The second-order valence-corrected chi connectivity index (χ2v) is 20.0. The van der Waals surface area contributed by atoms with E-state index in [4.69, 9.17) is 0 Å². The Labute approximate surface area is 295 Å². The number of hydrogen-bond donors (Lipinski definition) is 0. The van der Waals surface area contributed by atoms with Crippen molar-refractivity contribution >= 4 is 51.9 Å². The van der Waals surface area contributed by atoms with Crippen LogP contribution in [-0.2, 0) is 5.41 Å². The van der Waals surface area contributed by atoms with E-state index in [1.807, 2.05) is 0 Å². The summed E-state index contributed by atoms with van der Waals surface area (Å²) in [7, 11) is -1.47. The van der Waals surface area contributed by atoms with Crippen molar-refractivity contribution in [1.82, 2.24) is 0 Å². The summed E-state index contributed by atoms with van der Waals surface area (Å²) < 4.78 is 0. The van der Waals surface area contributed by atoms with Crippen molar-refractivity contribution in [3.63, 3.8) is 0 Å². The number of nitrogens with zero attached hydrogens (tertiary/aromatic N) is 1. The molecule has 0 bridgehead atoms. The van der Waals surface area contributed by atoms with Crippen LogP contribution < -0.4 is 10.1 Å². The highest BCUT2D eigenvalue weighted by Crippen LogP contribution is 2.65. The van der Waals surface area contributed by atoms with Gasteiger partial charge in [0.1, 0.15) is 0 Å². The maximum atomic E-state index is 2.54. The molecule has 1 spiro atoms. The molecule has 0 radical (unpaired) electrons. The Morgan fingerprint density at radius 1 is 0.420 bits per heavy atom. The third kappa shape index (κ3) is 4.00. The first-order valence-electron chi connectivity index (χ1n) is 17.7. The van der Waals surface area contributed by atoms with Gasteiger partial charge in [0.15, 0.2) is 0 Å². The van der Waals surface area contributed by atoms with Crippen molar-refractivity contribution < 1.29 is 0 Å². The van der Waals surface area contributed by atoms with Gasteiger partial charge in [0.05, 0.1) is 19.2 Å². The van der Waals surface area contributed by atoms with Crippen LogP contribution in [0.4, 0.5) is 17.1 Å². The molecule has 0 amide bonds. The van der Waals surface area contributed by atoms with Gasteiger partial charge in [-0.2, -0.15) is 0 Å². The van der Waals surface area contributed by atoms with Crippen LogP contribution in [0.25, 0.3) is 43.8 Å². The minimum absolute atomic E-state index is 0.454. The lowest BCUT2D eigenvalue weighted by Gasteiger charge is -2.33. The Morgan fingerprint density at radius 2 is 0.960 bits per heavy atom. The lowest BCUT2D eigenvalue weighted by molar-refractivity contribution is 0.795. The van der Waals surface area contributed by atoms with Crippen molar-refractivity contribution in [2.24, 2.45) is 0 Å². The highest BCUT2D eigenvalue weighted by atomic mass is 28.3. The van der Waals surface area contributed by atoms with Gasteiger partial charge in [0.2, 0.25) is 0 Å². The molecule has 0 aromatic heterocycles. The molecule has 0 saturated heterocycles. The smallest absolute Gasteiger partial charge is 0.0775 e. The van der Waals surface area contributed by atoms with E-state index < -0.39 is 13.5 Å². The molecule has 0 fully saturated rings. The van der Waals surface area contributed by atoms with E-state index in [1.54, 1.807) is 0 Å². The lowest BCUT2D eigenvalue weighted by atomic mass is 9.70. The van der Waals surface area contributed by atoms with Gasteiger partial charge in [-0.25, -0.2) is 0 Å². The Bertz CT molecular complexity index is 2580. The van der Waals surface area contributed by atoms with E-state index in [0.717, 1.165) is 5.69 Å². The van der Waals surface area contributed by atoms with Crippen molar-refractivity contribution in [2.75, 3.05) is 4.90 Å². The third-order valence-electron chi connectivity index (χ3n) is 11.2. The number of benzene rings is 8. The summed E-state index contributed by atoms with van der Waals surface area (Å²) in [6, 6.07) is 63.9. The van der Waals surface area contributed by atoms with Gasteiger partial charge in [-0.1, -0.05) is 152 Å². The first-order chi connectivity index (χ1) is 24.4. The standard InChI is InChI=1S/C48H37NSi/c1-50(2,3)36-27-25-35(26-28-36)49(34-17-5-4-6-18-34)46-31-45-47(40-22-10-9-21-39(40)46)41-29-32-15-7-8-16-33(32)30-44(41)48(45)42-23-13-11-19-37(42)38-20-12-14-24-43(38)48/h4-31H,1-3H3. The predicted molar refractivity (Wildman–Crippen MR) is 215 cm³/mol. The molecule has 0 N–H and O–H groups in total. The number of para-hydroxylation sites is 1. The van der Waals surface area contributed by atoms with Gasteiger partial charge in [0, 0.05) is 16.8 Å². The Balaban J connectivity index is 1.36. The zero-order chi connectivity index (χ0) is 33.6. The summed E-state index contributed by atoms with van der Waals surface area (Å²) in [5.41, 5.74) is 13.9. The van der Waals surface area contributed by atoms with Crippen molar-refractivity contribution in [2.45, 2.75) is 25.1 Å². The largest absolute Gasteiger partial charge is 0.310 e. The number of hydrogen-bond acceptors (Lipinski definition) is 1. The molecule has 0 saturated carbocycles. The van der Waals surface area contributed by atoms with Crippen molar-refractivity contribution in [3.05, 3.63) is 192 Å². The fourth-order valence-electron chi connectivity index (χ4n) is 8.96. The molecule has 2 heteroatoms. The van der Waals surface area contributed by atoms with E-state index in [0.29, 0.717) is 0 Å². The quantitative estimate of drug-likeness (QED) is 0.171. The summed E-state index contributed by atoms with van der Waals surface area (Å²) in [5.74, 6) is 0. The monoisotopic (exact) mass is 655 g/mol. The van der Waals surface area contributed by atoms with Gasteiger partial charge in [-0.05, 0) is 103 Å². The van der Waals surface area contributed by atoms with E-state index in [-0.39, 0.29) is 0 Å². The number of fused-ring (bicyclic) bond motifs is 13. The van der Waals surface area contributed by atoms with Crippen molar-refractivity contribution in [3.8, 4) is 22.3 Å². The maximum Gasteiger partial charge on any atom is 0.0775 e. The summed E-state index contributed by atoms with van der Waals surface area (Å²) in [6.45, 7) is 7.26. The molecule has 10 rings (SSSR count). The Morgan fingerprint density at radius 3 is 1.62 bits per heavy atom. The van der Waals surface area contributed by atoms with Crippen LogP contribution in [-0.4, -0.2) is 8.07 Å². The average Bonchev–Trinajstić information content (AvgIpc) is 3.61. The zero-order valence-corrected chi connectivity index (χ0v) is 29.6. The summed E-state index contributed by atoms with van der Waals surface area (Å²) >= 11 is 0. The van der Waals surface area contributed by atoms with Crippen LogP contribution in [0.5, 0.6) is 0 Å². The molecule has 0 atom stereocenters. The van der Waals surface area contributed by atoms with Gasteiger partial charge < -0.3 is 4.90 Å². The second-order valence-electron chi connectivity index (χ2n) is 14.9. The lowest BCUT2D eigenvalue weighted by Crippen LogP contribution is -2.37. The summed E-state index contributed by atoms with van der Waals surface area (Å²) in [6.07, 6.45) is 0. The third-order valence-corrected chi connectivity index (χ3v) is 13.3. The highest BCUT2D eigenvalue weighted by molar-refractivity contribution is 6.88. The zero-order valence-electron chi connectivity index (χ0n) is 28.6. The minimum Gasteiger partial charge on any atom is -0.310 e. The SMILES string of the molecule is C[Si](C)(C)c1ccc(N(c2ccccc2)c2cc3c(c4ccccc24)-c2cc4ccccc4cc2C32c3ccccc3-c3ccccc32)cc1. The Hall–Kier alpha value is -5.70. The molecule has 0 unspecified atom stereocenters. The highest BCUT2D eigenvalue weighted by Gasteiger charge is 2.52. The molecule has 50 heavy (non-hydrogen) atoms. The maximum absolute atomic E-state index is 2.54. The first kappa shape index (κ1) is 29.2. The van der Waals surface area contributed by atoms with Crippen LogP contribution in [0, 0.1) is 0 Å². The normalized spacial score (nSPS) is 13.7. The van der Waals surface area contributed by atoms with Gasteiger partial charge in [-0.3, -0.25) is 0 Å². The topological polar surface area (TPSA) is 3.24 Å². The van der Waals surface area contributed by atoms with Crippen LogP contribution in [0.3, 0.4) is 0 Å². The first-order valence-corrected chi connectivity index (χ1v) is 21.2. The van der Waals surface area contributed by atoms with E-state index >= 15 is 0 Å². The average molecular weight is 656 g/mol. The number of rotatable bonds is 4. The van der Waals surface area contributed by atoms with Gasteiger partial charge >= 0.3 is 0 Å². The molecular formula is C48H37NSi. The van der Waals surface area contributed by atoms with E-state index in [1.165, 1.54) is 82.6 Å². The molecule has 0 aliphatic heterocycles. The van der Waals surface area contributed by atoms with Gasteiger partial charge in [0.25, 0.3) is 0 Å². The molecule has 2 aliphatic rings. The van der Waals surface area contributed by atoms with Crippen LogP contribution in [0.1, 0.15) is 22.3 Å². The minimum atomic E-state index is -1.47. The molecule has 8 aromatic carbocycles. The molecule has 238 valence electrons. The molecule has 2 aliphatic carbocycles. The number of anilines is 3. The van der Waals surface area contributed by atoms with Gasteiger partial charge in [-0.15, -0.1) is 0 Å². The second kappa shape index (κ2) is 10.6. The fraction of sp³-hybridized carbons (Fsp3) is 0.0833. The molecule has 0 heterocycles. The summed E-state index contributed by atoms with van der Waals surface area (Å²) in [4.78, 5) is 2.48. The van der Waals surface area contributed by atoms with Crippen LogP contribution in [0.2, 0.25) is 19.6 Å². The molecular weight excluding hydrogens is 619 g/mol. The summed E-state index contributed by atoms with van der Waals surface area (Å²) in [5, 5.41) is 6.55. The van der Waals surface area contributed by atoms with Crippen LogP contribution >= 0.6 is 0 Å².